The minimum absolute atomic E-state index is 0.0810. The maximum atomic E-state index is 12.2. The molecule has 0 unspecified atom stereocenters. The van der Waals surface area contributed by atoms with Crippen molar-refractivity contribution in [2.24, 2.45) is 0 Å². The number of thiophene rings is 1. The Hall–Kier alpha value is -1.83. The van der Waals surface area contributed by atoms with E-state index in [1.54, 1.807) is 11.3 Å². The van der Waals surface area contributed by atoms with Crippen molar-refractivity contribution < 1.29 is 9.53 Å². The van der Waals surface area contributed by atoms with Crippen LogP contribution in [0.5, 0.6) is 0 Å². The first-order chi connectivity index (χ1) is 12.6. The molecule has 26 heavy (non-hydrogen) atoms. The molecule has 138 valence electrons. The van der Waals surface area contributed by atoms with E-state index in [-0.39, 0.29) is 11.5 Å². The Morgan fingerprint density at radius 1 is 1.42 bits per heavy atom. The van der Waals surface area contributed by atoms with E-state index in [0.29, 0.717) is 13.1 Å². The van der Waals surface area contributed by atoms with Crippen molar-refractivity contribution in [3.05, 3.63) is 45.7 Å². The van der Waals surface area contributed by atoms with E-state index in [1.807, 2.05) is 30.6 Å². The molecule has 2 aliphatic rings. The highest BCUT2D eigenvalue weighted by atomic mass is 32.1. The summed E-state index contributed by atoms with van der Waals surface area (Å²) in [6.45, 7) is 5.39. The minimum Gasteiger partial charge on any atom is -0.368 e. The number of nitrogens with zero attached hydrogens (tertiary/aromatic N) is 3. The van der Waals surface area contributed by atoms with Gasteiger partial charge in [0.25, 0.3) is 0 Å². The number of amides is 1. The standard InChI is InChI=1S/C19H24N4O2S/c1-14-20-11-15-4-9-25-19(18(15)22-14)5-7-23(8-6-19)13-17(24)21-12-16-3-2-10-26-16/h2-3,10-11H,4-9,12-13H2,1H3,(H,21,24). The number of aryl methyl sites for hydroxylation is 1. The molecule has 0 aromatic carbocycles. The van der Waals surface area contributed by atoms with Crippen LogP contribution in [0.3, 0.4) is 0 Å². The molecule has 1 N–H and O–H groups in total. The van der Waals surface area contributed by atoms with Crippen molar-refractivity contribution in [1.29, 1.82) is 0 Å². The molecular formula is C19H24N4O2S. The van der Waals surface area contributed by atoms with E-state index < -0.39 is 0 Å². The van der Waals surface area contributed by atoms with Crippen LogP contribution in [0.4, 0.5) is 0 Å². The van der Waals surface area contributed by atoms with Gasteiger partial charge in [0.05, 0.1) is 25.4 Å². The van der Waals surface area contributed by atoms with Crippen molar-refractivity contribution in [1.82, 2.24) is 20.2 Å². The maximum absolute atomic E-state index is 12.2. The van der Waals surface area contributed by atoms with Gasteiger partial charge < -0.3 is 10.1 Å². The molecule has 4 heterocycles. The first-order valence-electron chi connectivity index (χ1n) is 9.13. The third-order valence-corrected chi connectivity index (χ3v) is 6.11. The number of hydrogen-bond donors (Lipinski definition) is 1. The SMILES string of the molecule is Cc1ncc2c(n1)C1(CCN(CC(=O)NCc3cccs3)CC1)OCC2. The summed E-state index contributed by atoms with van der Waals surface area (Å²) in [5.41, 5.74) is 1.98. The van der Waals surface area contributed by atoms with E-state index in [4.69, 9.17) is 9.72 Å². The monoisotopic (exact) mass is 372 g/mol. The first-order valence-corrected chi connectivity index (χ1v) is 10.0. The molecule has 0 aliphatic carbocycles. The predicted octanol–water partition coefficient (Wildman–Crippen LogP) is 2.03. The number of fused-ring (bicyclic) bond motifs is 2. The Morgan fingerprint density at radius 2 is 2.27 bits per heavy atom. The van der Waals surface area contributed by atoms with Gasteiger partial charge in [0.1, 0.15) is 11.4 Å². The summed E-state index contributed by atoms with van der Waals surface area (Å²) in [5, 5.41) is 5.03. The lowest BCUT2D eigenvalue weighted by atomic mass is 9.83. The smallest absolute Gasteiger partial charge is 0.234 e. The van der Waals surface area contributed by atoms with Gasteiger partial charge in [0.2, 0.25) is 5.91 Å². The second-order valence-electron chi connectivity index (χ2n) is 7.02. The van der Waals surface area contributed by atoms with Crippen LogP contribution in [0, 0.1) is 6.92 Å². The summed E-state index contributed by atoms with van der Waals surface area (Å²) in [7, 11) is 0. The normalized spacial score (nSPS) is 19.3. The quantitative estimate of drug-likeness (QED) is 0.889. The van der Waals surface area contributed by atoms with Crippen LogP contribution < -0.4 is 5.32 Å². The number of aromatic nitrogens is 2. The highest BCUT2D eigenvalue weighted by molar-refractivity contribution is 7.09. The van der Waals surface area contributed by atoms with Crippen molar-refractivity contribution in [3.8, 4) is 0 Å². The number of ether oxygens (including phenoxy) is 1. The highest BCUT2D eigenvalue weighted by Crippen LogP contribution is 2.40. The third kappa shape index (κ3) is 3.65. The fourth-order valence-corrected chi connectivity index (χ4v) is 4.45. The predicted molar refractivity (Wildman–Crippen MR) is 99.9 cm³/mol. The van der Waals surface area contributed by atoms with E-state index in [9.17, 15) is 4.79 Å². The number of carbonyl (C=O) groups excluding carboxylic acids is 1. The lowest BCUT2D eigenvalue weighted by Crippen LogP contribution is -2.49. The van der Waals surface area contributed by atoms with Crippen LogP contribution in [0.2, 0.25) is 0 Å². The molecule has 2 aromatic heterocycles. The van der Waals surface area contributed by atoms with E-state index in [0.717, 1.165) is 50.5 Å². The van der Waals surface area contributed by atoms with Crippen LogP contribution in [-0.2, 0) is 28.1 Å². The zero-order valence-electron chi connectivity index (χ0n) is 15.0. The Balaban J connectivity index is 1.34. The molecule has 1 saturated heterocycles. The fraction of sp³-hybridized carbons (Fsp3) is 0.526. The number of likely N-dealkylation sites (tertiary alicyclic amines) is 1. The summed E-state index contributed by atoms with van der Waals surface area (Å²) < 4.78 is 6.22. The Bertz CT molecular complexity index is 770. The summed E-state index contributed by atoms with van der Waals surface area (Å²) in [6, 6.07) is 4.04. The lowest BCUT2D eigenvalue weighted by Gasteiger charge is -2.43. The van der Waals surface area contributed by atoms with Gasteiger partial charge in [0, 0.05) is 24.2 Å². The number of rotatable bonds is 4. The van der Waals surface area contributed by atoms with Crippen LogP contribution in [-0.4, -0.2) is 47.0 Å². The molecular weight excluding hydrogens is 348 g/mol. The summed E-state index contributed by atoms with van der Waals surface area (Å²) in [6.07, 6.45) is 4.57. The molecule has 0 saturated carbocycles. The summed E-state index contributed by atoms with van der Waals surface area (Å²) in [4.78, 5) is 24.6. The van der Waals surface area contributed by atoms with Crippen molar-refractivity contribution in [3.63, 3.8) is 0 Å². The fourth-order valence-electron chi connectivity index (χ4n) is 3.81. The van der Waals surface area contributed by atoms with Crippen LogP contribution in [0.25, 0.3) is 0 Å². The van der Waals surface area contributed by atoms with Gasteiger partial charge in [-0.2, -0.15) is 0 Å². The van der Waals surface area contributed by atoms with Gasteiger partial charge in [-0.05, 0) is 43.2 Å². The molecule has 6 nitrogen and oxygen atoms in total. The van der Waals surface area contributed by atoms with Crippen LogP contribution >= 0.6 is 11.3 Å². The van der Waals surface area contributed by atoms with E-state index >= 15 is 0 Å². The lowest BCUT2D eigenvalue weighted by molar-refractivity contribution is -0.126. The average molecular weight is 372 g/mol. The highest BCUT2D eigenvalue weighted by Gasteiger charge is 2.42. The van der Waals surface area contributed by atoms with Gasteiger partial charge in [-0.1, -0.05) is 6.07 Å². The molecule has 1 spiro atoms. The summed E-state index contributed by atoms with van der Waals surface area (Å²) >= 11 is 1.66. The Labute approximate surface area is 157 Å². The van der Waals surface area contributed by atoms with E-state index in [1.165, 1.54) is 10.4 Å². The Kier molecular flexibility index (Phi) is 5.02. The molecule has 2 aromatic rings. The molecule has 1 fully saturated rings. The number of nitrogens with one attached hydrogen (secondary N) is 1. The average Bonchev–Trinajstić information content (AvgIpc) is 3.16. The van der Waals surface area contributed by atoms with Crippen molar-refractivity contribution in [2.75, 3.05) is 26.2 Å². The molecule has 0 bridgehead atoms. The van der Waals surface area contributed by atoms with Crippen molar-refractivity contribution >= 4 is 17.2 Å². The van der Waals surface area contributed by atoms with Gasteiger partial charge in [0.15, 0.2) is 0 Å². The second-order valence-corrected chi connectivity index (χ2v) is 8.05. The zero-order chi connectivity index (χ0) is 18.0. The summed E-state index contributed by atoms with van der Waals surface area (Å²) in [5.74, 6) is 0.876. The first kappa shape index (κ1) is 17.6. The van der Waals surface area contributed by atoms with Crippen molar-refractivity contribution in [2.45, 2.75) is 38.3 Å². The molecule has 2 aliphatic heterocycles. The second kappa shape index (κ2) is 7.42. The van der Waals surface area contributed by atoms with Gasteiger partial charge >= 0.3 is 0 Å². The molecule has 1 amide bonds. The zero-order valence-corrected chi connectivity index (χ0v) is 15.8. The van der Waals surface area contributed by atoms with Crippen LogP contribution in [0.1, 0.15) is 34.8 Å². The molecule has 7 heteroatoms. The largest absolute Gasteiger partial charge is 0.368 e. The van der Waals surface area contributed by atoms with Gasteiger partial charge in [-0.25, -0.2) is 9.97 Å². The molecule has 4 rings (SSSR count). The topological polar surface area (TPSA) is 67.4 Å². The molecule has 0 atom stereocenters. The third-order valence-electron chi connectivity index (χ3n) is 5.24. The minimum atomic E-state index is -0.300. The number of carbonyl (C=O) groups is 1. The van der Waals surface area contributed by atoms with Gasteiger partial charge in [-0.15, -0.1) is 11.3 Å². The maximum Gasteiger partial charge on any atom is 0.234 e. The number of hydrogen-bond acceptors (Lipinski definition) is 6. The van der Waals surface area contributed by atoms with Gasteiger partial charge in [-0.3, -0.25) is 9.69 Å². The number of piperidine rings is 1. The Morgan fingerprint density at radius 3 is 3.04 bits per heavy atom. The van der Waals surface area contributed by atoms with Crippen LogP contribution in [0.15, 0.2) is 23.7 Å². The van der Waals surface area contributed by atoms with E-state index in [2.05, 4.69) is 15.2 Å². The molecule has 0 radical (unpaired) electrons.